The minimum atomic E-state index is -0.863. The highest BCUT2D eigenvalue weighted by Gasteiger charge is 2.63. The van der Waals surface area contributed by atoms with Crippen molar-refractivity contribution >= 4 is 17.4 Å². The first-order chi connectivity index (χ1) is 14.4. The summed E-state index contributed by atoms with van der Waals surface area (Å²) in [4.78, 5) is 1.05. The molecule has 3 saturated carbocycles. The van der Waals surface area contributed by atoms with Crippen LogP contribution >= 0.6 is 11.3 Å². The van der Waals surface area contributed by atoms with Gasteiger partial charge in [-0.25, -0.2) is 0 Å². The van der Waals surface area contributed by atoms with E-state index in [1.165, 1.54) is 18.4 Å². The Hall–Kier alpha value is -1.83. The first-order valence-corrected chi connectivity index (χ1v) is 12.2. The van der Waals surface area contributed by atoms with E-state index in [4.69, 9.17) is 4.52 Å². The summed E-state index contributed by atoms with van der Waals surface area (Å²) in [6.45, 7) is 4.81. The molecule has 3 fully saturated rings. The minimum absolute atomic E-state index is 0.104. The SMILES string of the molecule is C[C@]12Cc3cnoc3C=C1CC[C@@H]1[C@@H]2CC[C@@]2(C)[C@H]1CC[C@@]2(O)C#Cc1cccs1. The summed E-state index contributed by atoms with van der Waals surface area (Å²) in [5, 5.41) is 17.8. The molecule has 4 aliphatic carbocycles. The molecule has 156 valence electrons. The molecule has 2 aromatic rings. The van der Waals surface area contributed by atoms with Gasteiger partial charge in [0, 0.05) is 11.0 Å². The fraction of sp³-hybridized carbons (Fsp3) is 0.577. The van der Waals surface area contributed by atoms with Gasteiger partial charge < -0.3 is 9.63 Å². The molecule has 6 atom stereocenters. The van der Waals surface area contributed by atoms with Crippen LogP contribution in [0.3, 0.4) is 0 Å². The lowest BCUT2D eigenvalue weighted by molar-refractivity contribution is -0.0975. The number of hydrogen-bond donors (Lipinski definition) is 1. The maximum atomic E-state index is 11.7. The van der Waals surface area contributed by atoms with E-state index in [9.17, 15) is 5.11 Å². The van der Waals surface area contributed by atoms with Gasteiger partial charge in [0.05, 0.1) is 11.1 Å². The zero-order valence-corrected chi connectivity index (χ0v) is 18.6. The first kappa shape index (κ1) is 18.9. The molecule has 0 saturated heterocycles. The Morgan fingerprint density at radius 3 is 2.90 bits per heavy atom. The van der Waals surface area contributed by atoms with Crippen molar-refractivity contribution in [3.8, 4) is 11.8 Å². The molecule has 0 aromatic carbocycles. The summed E-state index contributed by atoms with van der Waals surface area (Å²) < 4.78 is 5.48. The molecule has 3 nitrogen and oxygen atoms in total. The molecule has 4 heteroatoms. The lowest BCUT2D eigenvalue weighted by atomic mass is 9.46. The first-order valence-electron chi connectivity index (χ1n) is 11.4. The summed E-state index contributed by atoms with van der Waals surface area (Å²) in [5.74, 6) is 9.52. The van der Waals surface area contributed by atoms with Crippen LogP contribution in [0.1, 0.15) is 68.6 Å². The number of fused-ring (bicyclic) bond motifs is 6. The van der Waals surface area contributed by atoms with Gasteiger partial charge in [-0.15, -0.1) is 11.3 Å². The highest BCUT2D eigenvalue weighted by atomic mass is 32.1. The van der Waals surface area contributed by atoms with E-state index < -0.39 is 5.60 Å². The van der Waals surface area contributed by atoms with E-state index in [0.29, 0.717) is 17.8 Å². The number of thiophene rings is 1. The quantitative estimate of drug-likeness (QED) is 0.557. The van der Waals surface area contributed by atoms with Crippen molar-refractivity contribution in [3.63, 3.8) is 0 Å². The topological polar surface area (TPSA) is 46.3 Å². The van der Waals surface area contributed by atoms with Crippen LogP contribution < -0.4 is 0 Å². The van der Waals surface area contributed by atoms with Crippen molar-refractivity contribution in [3.05, 3.63) is 45.5 Å². The summed E-state index contributed by atoms with van der Waals surface area (Å²) in [6.07, 6.45) is 11.8. The van der Waals surface area contributed by atoms with Gasteiger partial charge in [-0.3, -0.25) is 0 Å². The van der Waals surface area contributed by atoms with Crippen LogP contribution in [-0.4, -0.2) is 15.9 Å². The highest BCUT2D eigenvalue weighted by Crippen LogP contribution is 2.67. The van der Waals surface area contributed by atoms with Crippen LogP contribution in [0, 0.1) is 40.4 Å². The molecule has 0 radical (unpaired) electrons. The van der Waals surface area contributed by atoms with E-state index >= 15 is 0 Å². The third-order valence-electron chi connectivity index (χ3n) is 9.34. The van der Waals surface area contributed by atoms with E-state index in [2.05, 4.69) is 42.3 Å². The lowest BCUT2D eigenvalue weighted by Gasteiger charge is -2.58. The number of rotatable bonds is 0. The molecular formula is C26H29NO2S. The third-order valence-corrected chi connectivity index (χ3v) is 10.1. The van der Waals surface area contributed by atoms with Gasteiger partial charge >= 0.3 is 0 Å². The van der Waals surface area contributed by atoms with E-state index in [-0.39, 0.29) is 10.8 Å². The molecular weight excluding hydrogens is 390 g/mol. The Balaban J connectivity index is 1.33. The molecule has 0 spiro atoms. The second kappa shape index (κ2) is 6.34. The average Bonchev–Trinajstić information content (AvgIpc) is 3.45. The van der Waals surface area contributed by atoms with Crippen molar-refractivity contribution < 1.29 is 9.63 Å². The van der Waals surface area contributed by atoms with Gasteiger partial charge in [0.2, 0.25) is 0 Å². The Labute approximate surface area is 182 Å². The zero-order chi connectivity index (χ0) is 20.6. The largest absolute Gasteiger partial charge is 0.377 e. The van der Waals surface area contributed by atoms with Crippen LogP contribution in [0.4, 0.5) is 0 Å². The van der Waals surface area contributed by atoms with Crippen molar-refractivity contribution in [1.29, 1.82) is 0 Å². The monoisotopic (exact) mass is 419 g/mol. The second-order valence-electron chi connectivity index (χ2n) is 10.5. The van der Waals surface area contributed by atoms with E-state index in [0.717, 1.165) is 42.7 Å². The molecule has 30 heavy (non-hydrogen) atoms. The van der Waals surface area contributed by atoms with Crippen molar-refractivity contribution in [2.45, 2.75) is 64.4 Å². The van der Waals surface area contributed by atoms with Crippen LogP contribution in [0.15, 0.2) is 33.8 Å². The predicted octanol–water partition coefficient (Wildman–Crippen LogP) is 5.70. The van der Waals surface area contributed by atoms with E-state index in [1.54, 1.807) is 16.9 Å². The fourth-order valence-corrected chi connectivity index (χ4v) is 8.19. The Kier molecular flexibility index (Phi) is 4.00. The van der Waals surface area contributed by atoms with Crippen molar-refractivity contribution in [1.82, 2.24) is 5.16 Å². The zero-order valence-electron chi connectivity index (χ0n) is 17.8. The molecule has 0 unspecified atom stereocenters. The average molecular weight is 420 g/mol. The second-order valence-corrected chi connectivity index (χ2v) is 11.4. The van der Waals surface area contributed by atoms with E-state index in [1.807, 2.05) is 18.3 Å². The van der Waals surface area contributed by atoms with Crippen LogP contribution in [0.25, 0.3) is 6.08 Å². The molecule has 6 rings (SSSR count). The maximum absolute atomic E-state index is 11.7. The normalized spacial score (nSPS) is 41.6. The molecule has 0 aliphatic heterocycles. The summed E-state index contributed by atoms with van der Waals surface area (Å²) in [7, 11) is 0. The molecule has 0 bridgehead atoms. The summed E-state index contributed by atoms with van der Waals surface area (Å²) >= 11 is 1.65. The number of allylic oxidation sites excluding steroid dienone is 1. The van der Waals surface area contributed by atoms with Gasteiger partial charge in [0.15, 0.2) is 5.76 Å². The molecule has 1 N–H and O–H groups in total. The van der Waals surface area contributed by atoms with Crippen molar-refractivity contribution in [2.75, 3.05) is 0 Å². The molecule has 0 amide bonds. The van der Waals surface area contributed by atoms with Gasteiger partial charge in [0.1, 0.15) is 5.60 Å². The summed E-state index contributed by atoms with van der Waals surface area (Å²) in [5.41, 5.74) is 2.05. The van der Waals surface area contributed by atoms with Crippen LogP contribution in [-0.2, 0) is 6.42 Å². The maximum Gasteiger partial charge on any atom is 0.162 e. The number of nitrogens with zero attached hydrogens (tertiary/aromatic N) is 1. The van der Waals surface area contributed by atoms with Gasteiger partial charge in [-0.05, 0) is 85.6 Å². The van der Waals surface area contributed by atoms with Crippen molar-refractivity contribution in [2.24, 2.45) is 28.6 Å². The van der Waals surface area contributed by atoms with Gasteiger partial charge in [-0.2, -0.15) is 0 Å². The van der Waals surface area contributed by atoms with Crippen LogP contribution in [0.5, 0.6) is 0 Å². The number of aliphatic hydroxyl groups is 1. The Bertz CT molecular complexity index is 1070. The molecule has 4 aliphatic rings. The third kappa shape index (κ3) is 2.46. The lowest BCUT2D eigenvalue weighted by Crippen LogP contribution is -2.54. The Morgan fingerprint density at radius 2 is 2.07 bits per heavy atom. The molecule has 2 aromatic heterocycles. The van der Waals surface area contributed by atoms with Gasteiger partial charge in [0.25, 0.3) is 0 Å². The fourth-order valence-electron chi connectivity index (χ4n) is 7.62. The number of hydrogen-bond acceptors (Lipinski definition) is 4. The van der Waals surface area contributed by atoms with Gasteiger partial charge in [-0.1, -0.05) is 42.5 Å². The number of aromatic nitrogens is 1. The summed E-state index contributed by atoms with van der Waals surface area (Å²) in [6, 6.07) is 4.08. The minimum Gasteiger partial charge on any atom is -0.377 e. The molecule has 2 heterocycles. The highest BCUT2D eigenvalue weighted by molar-refractivity contribution is 7.10. The van der Waals surface area contributed by atoms with Crippen LogP contribution in [0.2, 0.25) is 0 Å². The standard InChI is InChI=1S/C26H29NO2S/c1-24-15-17-16-27-29-23(17)14-18(24)5-6-20-21(24)8-10-25(2)22(20)9-12-26(25,28)11-7-19-4-3-13-30-19/h3-4,13-14,16,20-22,28H,5-6,8-10,12,15H2,1-2H3/t20-,21+,22+,24+,25+,26+/m1/s1. The Morgan fingerprint density at radius 1 is 1.20 bits per heavy atom. The smallest absolute Gasteiger partial charge is 0.162 e. The predicted molar refractivity (Wildman–Crippen MR) is 119 cm³/mol.